The number of fused-ring (bicyclic) bond motifs is 1. The molecule has 3 heterocycles. The number of nitrogens with two attached hydrogens (primary N) is 1. The molecule has 13 heteroatoms. The predicted octanol–water partition coefficient (Wildman–Crippen LogP) is 4.31. The van der Waals surface area contributed by atoms with Crippen molar-refractivity contribution >= 4 is 35.6 Å². The molecule has 0 atom stereocenters. The van der Waals surface area contributed by atoms with Crippen LogP contribution in [0.15, 0.2) is 41.2 Å². The van der Waals surface area contributed by atoms with Crippen LogP contribution in [-0.2, 0) is 20.9 Å². The molecular weight excluding hydrogens is 576 g/mol. The van der Waals surface area contributed by atoms with Crippen LogP contribution in [0.5, 0.6) is 0 Å². The quantitative estimate of drug-likeness (QED) is 0.247. The van der Waals surface area contributed by atoms with Crippen molar-refractivity contribution in [3.05, 3.63) is 47.6 Å². The highest BCUT2D eigenvalue weighted by Gasteiger charge is 2.23. The van der Waals surface area contributed by atoms with Gasteiger partial charge in [0.15, 0.2) is 0 Å². The molecule has 0 bridgehead atoms. The smallest absolute Gasteiger partial charge is 0.408 e. The van der Waals surface area contributed by atoms with E-state index in [2.05, 4.69) is 25.6 Å². The Morgan fingerprint density at radius 3 is 2.49 bits per heavy atom. The Balaban J connectivity index is 1.41. The number of ether oxygens (including phenoxy) is 1. The second kappa shape index (κ2) is 15.5. The van der Waals surface area contributed by atoms with Crippen LogP contribution in [0, 0.1) is 0 Å². The number of urea groups is 1. The molecule has 0 spiro atoms. The fraction of sp³-hybridized carbons (Fsp3) is 0.500. The van der Waals surface area contributed by atoms with E-state index in [1.165, 1.54) is 5.06 Å². The highest BCUT2D eigenvalue weighted by Crippen LogP contribution is 2.32. The lowest BCUT2D eigenvalue weighted by Gasteiger charge is -2.23. The molecule has 1 aromatic carbocycles. The number of likely N-dealkylation sites (tertiary alicyclic amines) is 1. The first-order valence-corrected chi connectivity index (χ1v) is 15.5. The lowest BCUT2D eigenvalue weighted by atomic mass is 10.0. The van der Waals surface area contributed by atoms with Crippen LogP contribution in [0.1, 0.15) is 71.2 Å². The third kappa shape index (κ3) is 10.00. The largest absolute Gasteiger partial charge is 0.444 e. The second-order valence-corrected chi connectivity index (χ2v) is 12.0. The number of amidine groups is 1. The first-order valence-electron chi connectivity index (χ1n) is 15.5. The van der Waals surface area contributed by atoms with Gasteiger partial charge in [-0.25, -0.2) is 29.6 Å². The van der Waals surface area contributed by atoms with Crippen LogP contribution in [0.25, 0.3) is 17.2 Å². The molecule has 13 nitrogen and oxygen atoms in total. The van der Waals surface area contributed by atoms with Gasteiger partial charge in [-0.1, -0.05) is 25.5 Å². The van der Waals surface area contributed by atoms with E-state index in [4.69, 9.17) is 15.3 Å². The average molecular weight is 621 g/mol. The molecule has 1 aromatic heterocycles. The van der Waals surface area contributed by atoms with Crippen molar-refractivity contribution in [3.63, 3.8) is 0 Å². The van der Waals surface area contributed by atoms with E-state index in [1.54, 1.807) is 44.1 Å². The number of amides is 4. The normalized spacial score (nSPS) is 14.5. The van der Waals surface area contributed by atoms with E-state index in [0.717, 1.165) is 55.5 Å². The Hall–Kier alpha value is -4.52. The van der Waals surface area contributed by atoms with E-state index >= 15 is 0 Å². The SMILES string of the molecule is CCCCN(OCCNC(=O)N1CCCC1)C(=O)C1=Cc2ccc(-c3cnc(CNC(=O)OC(C)(C)C)nc3)cc2N=C(N)C1. The van der Waals surface area contributed by atoms with E-state index in [0.29, 0.717) is 36.0 Å². The van der Waals surface area contributed by atoms with Crippen molar-refractivity contribution in [1.29, 1.82) is 0 Å². The zero-order chi connectivity index (χ0) is 32.4. The molecule has 0 unspecified atom stereocenters. The lowest BCUT2D eigenvalue weighted by Crippen LogP contribution is -2.41. The van der Waals surface area contributed by atoms with Gasteiger partial charge in [0, 0.05) is 61.7 Å². The number of aromatic nitrogens is 2. The number of benzene rings is 1. The molecule has 4 amide bonds. The minimum Gasteiger partial charge on any atom is -0.444 e. The topological polar surface area (TPSA) is 164 Å². The van der Waals surface area contributed by atoms with Gasteiger partial charge in [-0.2, -0.15) is 0 Å². The number of hydroxylamine groups is 2. The van der Waals surface area contributed by atoms with Gasteiger partial charge in [-0.15, -0.1) is 0 Å². The molecular formula is C32H44N8O5. The Bertz CT molecular complexity index is 1410. The number of hydrogen-bond acceptors (Lipinski definition) is 9. The summed E-state index contributed by atoms with van der Waals surface area (Å²) < 4.78 is 5.24. The summed E-state index contributed by atoms with van der Waals surface area (Å²) >= 11 is 0. The summed E-state index contributed by atoms with van der Waals surface area (Å²) in [4.78, 5) is 58.8. The van der Waals surface area contributed by atoms with Gasteiger partial charge in [-0.05, 0) is 57.7 Å². The van der Waals surface area contributed by atoms with E-state index in [-0.39, 0.29) is 31.5 Å². The number of rotatable bonds is 11. The van der Waals surface area contributed by atoms with E-state index < -0.39 is 11.7 Å². The summed E-state index contributed by atoms with van der Waals surface area (Å²) in [6.07, 6.45) is 8.47. The van der Waals surface area contributed by atoms with Gasteiger partial charge in [-0.3, -0.25) is 9.63 Å². The van der Waals surface area contributed by atoms with E-state index in [9.17, 15) is 14.4 Å². The Morgan fingerprint density at radius 2 is 1.80 bits per heavy atom. The fourth-order valence-electron chi connectivity index (χ4n) is 4.80. The molecule has 1 saturated heterocycles. The highest BCUT2D eigenvalue weighted by atomic mass is 16.7. The van der Waals surface area contributed by atoms with Crippen LogP contribution < -0.4 is 16.4 Å². The van der Waals surface area contributed by atoms with Crippen LogP contribution >= 0.6 is 0 Å². The summed E-state index contributed by atoms with van der Waals surface area (Å²) in [5.41, 5.74) is 9.09. The van der Waals surface area contributed by atoms with Crippen LogP contribution in [-0.4, -0.2) is 82.2 Å². The van der Waals surface area contributed by atoms with Crippen LogP contribution in [0.4, 0.5) is 15.3 Å². The zero-order valence-electron chi connectivity index (χ0n) is 26.6. The fourth-order valence-corrected chi connectivity index (χ4v) is 4.80. The number of hydrogen-bond donors (Lipinski definition) is 3. The monoisotopic (exact) mass is 620 g/mol. The predicted molar refractivity (Wildman–Crippen MR) is 171 cm³/mol. The number of nitrogens with zero attached hydrogens (tertiary/aromatic N) is 5. The number of alkyl carbamates (subject to hydrolysis) is 1. The molecule has 2 aliphatic rings. The molecule has 2 aromatic rings. The van der Waals surface area contributed by atoms with Crippen molar-refractivity contribution < 1.29 is 24.0 Å². The minimum absolute atomic E-state index is 0.105. The van der Waals surface area contributed by atoms with Crippen molar-refractivity contribution in [2.45, 2.75) is 71.9 Å². The summed E-state index contributed by atoms with van der Waals surface area (Å²) in [7, 11) is 0. The standard InChI is InChI=1S/C32H44N8O5/c1-5-6-14-40(44-15-11-34-30(42)39-12-7-8-13-39)29(41)24-16-23-10-9-22(17-26(23)38-27(33)18-24)25-19-35-28(36-20-25)21-37-31(43)45-32(2,3)4/h9-10,16-17,19-20H,5-8,11-15,18,21H2,1-4H3,(H2,33,38)(H,34,42)(H,37,43). The number of nitrogens with one attached hydrogen (secondary N) is 2. The van der Waals surface area contributed by atoms with Crippen molar-refractivity contribution in [1.82, 2.24) is 30.6 Å². The van der Waals surface area contributed by atoms with Gasteiger partial charge in [0.2, 0.25) is 0 Å². The molecule has 45 heavy (non-hydrogen) atoms. The molecule has 242 valence electrons. The van der Waals surface area contributed by atoms with Crippen molar-refractivity contribution in [2.24, 2.45) is 10.7 Å². The third-order valence-electron chi connectivity index (χ3n) is 7.06. The molecule has 2 aliphatic heterocycles. The van der Waals surface area contributed by atoms with Crippen LogP contribution in [0.2, 0.25) is 0 Å². The summed E-state index contributed by atoms with van der Waals surface area (Å²) in [5.74, 6) is 0.462. The van der Waals surface area contributed by atoms with Gasteiger partial charge in [0.25, 0.3) is 5.91 Å². The maximum Gasteiger partial charge on any atom is 0.408 e. The maximum atomic E-state index is 13.6. The number of aliphatic imine (C=N–C) groups is 1. The Labute approximate surface area is 264 Å². The summed E-state index contributed by atoms with van der Waals surface area (Å²) in [5, 5.41) is 6.87. The van der Waals surface area contributed by atoms with Crippen molar-refractivity contribution in [2.75, 3.05) is 32.8 Å². The molecule has 0 aliphatic carbocycles. The third-order valence-corrected chi connectivity index (χ3v) is 7.06. The average Bonchev–Trinajstić information content (AvgIpc) is 3.49. The van der Waals surface area contributed by atoms with Crippen molar-refractivity contribution in [3.8, 4) is 11.1 Å². The van der Waals surface area contributed by atoms with E-state index in [1.807, 2.05) is 25.1 Å². The Kier molecular flexibility index (Phi) is 11.5. The van der Waals surface area contributed by atoms with Crippen LogP contribution in [0.3, 0.4) is 0 Å². The van der Waals surface area contributed by atoms with Gasteiger partial charge in [0.1, 0.15) is 17.3 Å². The lowest BCUT2D eigenvalue weighted by molar-refractivity contribution is -0.181. The van der Waals surface area contributed by atoms with Gasteiger partial charge < -0.3 is 26.0 Å². The first kappa shape index (κ1) is 33.4. The Morgan fingerprint density at radius 1 is 1.07 bits per heavy atom. The molecule has 4 N–H and O–H groups in total. The number of carbonyl (C=O) groups excluding carboxylic acids is 3. The summed E-state index contributed by atoms with van der Waals surface area (Å²) in [6.45, 7) is 9.98. The zero-order valence-corrected chi connectivity index (χ0v) is 26.6. The molecule has 0 radical (unpaired) electrons. The number of unbranched alkanes of at least 4 members (excludes halogenated alkanes) is 1. The molecule has 1 fully saturated rings. The summed E-state index contributed by atoms with van der Waals surface area (Å²) in [6, 6.07) is 5.55. The van der Waals surface area contributed by atoms with Gasteiger partial charge in [0.05, 0.1) is 18.8 Å². The first-order chi connectivity index (χ1) is 21.5. The maximum absolute atomic E-state index is 13.6. The second-order valence-electron chi connectivity index (χ2n) is 12.0. The van der Waals surface area contributed by atoms with Gasteiger partial charge >= 0.3 is 12.1 Å². The minimum atomic E-state index is -0.593. The number of carbonyl (C=O) groups is 3. The molecule has 4 rings (SSSR count). The molecule has 0 saturated carbocycles. The highest BCUT2D eigenvalue weighted by molar-refractivity contribution is 6.05.